The zero-order valence-corrected chi connectivity index (χ0v) is 14.3. The average Bonchev–Trinajstić information content (AvgIpc) is 3.10. The van der Waals surface area contributed by atoms with Gasteiger partial charge in [-0.05, 0) is 38.5 Å². The number of aromatic nitrogens is 3. The third kappa shape index (κ3) is 3.13. The van der Waals surface area contributed by atoms with Crippen LogP contribution in [0, 0.1) is 13.8 Å². The number of thiazole rings is 1. The number of carbonyl (C=O) groups is 2. The highest BCUT2D eigenvalue weighted by Gasteiger charge is 2.19. The number of aryl methyl sites for hydroxylation is 2. The van der Waals surface area contributed by atoms with Crippen LogP contribution in [-0.4, -0.2) is 32.9 Å². The Morgan fingerprint density at radius 2 is 2.12 bits per heavy atom. The summed E-state index contributed by atoms with van der Waals surface area (Å²) >= 11 is 1.09. The highest BCUT2D eigenvalue weighted by atomic mass is 32.1. The van der Waals surface area contributed by atoms with Crippen LogP contribution in [0.3, 0.4) is 0 Å². The molecular weight excluding hydrogens is 328 g/mol. The van der Waals surface area contributed by atoms with Crippen LogP contribution in [0.15, 0.2) is 24.5 Å². The summed E-state index contributed by atoms with van der Waals surface area (Å²) in [6.45, 7) is 5.69. The molecule has 124 valence electrons. The minimum Gasteiger partial charge on any atom is -0.462 e. The SMILES string of the molecule is CCOC(=O)c1sc(NC(=O)c2cn3ccc(C)cc3n2)nc1C. The van der Waals surface area contributed by atoms with Crippen LogP contribution in [0.25, 0.3) is 5.65 Å². The van der Waals surface area contributed by atoms with Gasteiger partial charge in [0.25, 0.3) is 5.91 Å². The number of esters is 1. The second kappa shape index (κ2) is 6.40. The Bertz CT molecular complexity index is 929. The highest BCUT2D eigenvalue weighted by molar-refractivity contribution is 7.17. The molecule has 0 aliphatic rings. The summed E-state index contributed by atoms with van der Waals surface area (Å²) in [7, 11) is 0. The standard InChI is InChI=1S/C16H16N4O3S/c1-4-23-15(22)13-10(3)17-16(24-13)19-14(21)11-8-20-6-5-9(2)7-12(20)18-11/h5-8H,4H2,1-3H3,(H,17,19,21). The van der Waals surface area contributed by atoms with Crippen molar-refractivity contribution in [3.05, 3.63) is 46.4 Å². The normalized spacial score (nSPS) is 10.8. The molecule has 0 fully saturated rings. The molecule has 0 spiro atoms. The van der Waals surface area contributed by atoms with Crippen molar-refractivity contribution in [3.8, 4) is 0 Å². The Morgan fingerprint density at radius 1 is 1.33 bits per heavy atom. The molecule has 0 atom stereocenters. The van der Waals surface area contributed by atoms with E-state index in [1.54, 1.807) is 24.4 Å². The van der Waals surface area contributed by atoms with Crippen molar-refractivity contribution in [2.75, 3.05) is 11.9 Å². The number of hydrogen-bond donors (Lipinski definition) is 1. The lowest BCUT2D eigenvalue weighted by atomic mass is 10.3. The zero-order valence-electron chi connectivity index (χ0n) is 13.5. The van der Waals surface area contributed by atoms with Gasteiger partial charge in [0.1, 0.15) is 16.2 Å². The number of pyridine rings is 1. The molecule has 0 unspecified atom stereocenters. The van der Waals surface area contributed by atoms with Gasteiger partial charge in [-0.3, -0.25) is 10.1 Å². The van der Waals surface area contributed by atoms with Crippen LogP contribution in [0.1, 0.15) is 38.3 Å². The smallest absolute Gasteiger partial charge is 0.350 e. The van der Waals surface area contributed by atoms with Crippen molar-refractivity contribution in [3.63, 3.8) is 0 Å². The van der Waals surface area contributed by atoms with Gasteiger partial charge >= 0.3 is 5.97 Å². The monoisotopic (exact) mass is 344 g/mol. The molecule has 24 heavy (non-hydrogen) atoms. The molecule has 0 saturated carbocycles. The van der Waals surface area contributed by atoms with E-state index in [0.29, 0.717) is 28.0 Å². The predicted octanol–water partition coefficient (Wildman–Crippen LogP) is 2.84. The number of hydrogen-bond acceptors (Lipinski definition) is 6. The summed E-state index contributed by atoms with van der Waals surface area (Å²) in [5.74, 6) is -0.809. The van der Waals surface area contributed by atoms with Gasteiger partial charge < -0.3 is 9.14 Å². The van der Waals surface area contributed by atoms with Crippen LogP contribution in [-0.2, 0) is 4.74 Å². The lowest BCUT2D eigenvalue weighted by molar-refractivity contribution is 0.0531. The molecule has 0 aliphatic heterocycles. The predicted molar refractivity (Wildman–Crippen MR) is 90.7 cm³/mol. The van der Waals surface area contributed by atoms with Gasteiger partial charge in [0.05, 0.1) is 12.3 Å². The number of fused-ring (bicyclic) bond motifs is 1. The number of rotatable bonds is 4. The summed E-state index contributed by atoms with van der Waals surface area (Å²) in [6, 6.07) is 3.83. The van der Waals surface area contributed by atoms with E-state index >= 15 is 0 Å². The van der Waals surface area contributed by atoms with Crippen LogP contribution in [0.4, 0.5) is 5.13 Å². The number of carbonyl (C=O) groups excluding carboxylic acids is 2. The first kappa shape index (κ1) is 16.1. The van der Waals surface area contributed by atoms with Crippen molar-refractivity contribution in [1.29, 1.82) is 0 Å². The number of nitrogens with zero attached hydrogens (tertiary/aromatic N) is 3. The van der Waals surface area contributed by atoms with E-state index in [4.69, 9.17) is 4.74 Å². The van der Waals surface area contributed by atoms with Crippen LogP contribution in [0.2, 0.25) is 0 Å². The first-order valence-corrected chi connectivity index (χ1v) is 8.21. The second-order valence-electron chi connectivity index (χ2n) is 5.20. The molecule has 3 aromatic rings. The first-order valence-electron chi connectivity index (χ1n) is 7.39. The molecule has 3 heterocycles. The fraction of sp³-hybridized carbons (Fsp3) is 0.250. The van der Waals surface area contributed by atoms with Gasteiger partial charge in [0.2, 0.25) is 0 Å². The van der Waals surface area contributed by atoms with E-state index in [9.17, 15) is 9.59 Å². The van der Waals surface area contributed by atoms with Crippen molar-refractivity contribution in [2.24, 2.45) is 0 Å². The number of ether oxygens (including phenoxy) is 1. The Labute approximate surface area is 142 Å². The second-order valence-corrected chi connectivity index (χ2v) is 6.20. The lowest BCUT2D eigenvalue weighted by Crippen LogP contribution is -2.12. The van der Waals surface area contributed by atoms with Crippen molar-refractivity contribution in [1.82, 2.24) is 14.4 Å². The largest absolute Gasteiger partial charge is 0.462 e. The molecule has 1 amide bonds. The maximum atomic E-state index is 12.3. The average molecular weight is 344 g/mol. The summed E-state index contributed by atoms with van der Waals surface area (Å²) in [5, 5.41) is 3.02. The number of anilines is 1. The minimum absolute atomic E-state index is 0.283. The van der Waals surface area contributed by atoms with Crippen molar-refractivity contribution in [2.45, 2.75) is 20.8 Å². The molecule has 8 heteroatoms. The van der Waals surface area contributed by atoms with E-state index in [2.05, 4.69) is 15.3 Å². The number of amides is 1. The molecule has 1 N–H and O–H groups in total. The summed E-state index contributed by atoms with van der Waals surface area (Å²) in [6.07, 6.45) is 3.50. The zero-order chi connectivity index (χ0) is 17.3. The summed E-state index contributed by atoms with van der Waals surface area (Å²) in [5.41, 5.74) is 2.57. The van der Waals surface area contributed by atoms with E-state index in [0.717, 1.165) is 16.9 Å². The molecule has 7 nitrogen and oxygen atoms in total. The van der Waals surface area contributed by atoms with Gasteiger partial charge in [-0.2, -0.15) is 0 Å². The quantitative estimate of drug-likeness (QED) is 0.736. The van der Waals surface area contributed by atoms with Gasteiger partial charge in [0, 0.05) is 12.4 Å². The molecule has 3 rings (SSSR count). The first-order chi connectivity index (χ1) is 11.5. The van der Waals surface area contributed by atoms with Crippen LogP contribution >= 0.6 is 11.3 Å². The third-order valence-corrected chi connectivity index (χ3v) is 4.38. The Balaban J connectivity index is 1.81. The summed E-state index contributed by atoms with van der Waals surface area (Å²) < 4.78 is 6.74. The molecule has 0 aliphatic carbocycles. The number of nitrogens with one attached hydrogen (secondary N) is 1. The van der Waals surface area contributed by atoms with Crippen LogP contribution < -0.4 is 5.32 Å². The molecule has 0 saturated heterocycles. The molecule has 0 bridgehead atoms. The topological polar surface area (TPSA) is 85.6 Å². The molecular formula is C16H16N4O3S. The maximum Gasteiger partial charge on any atom is 0.350 e. The fourth-order valence-corrected chi connectivity index (χ4v) is 3.05. The molecule has 3 aromatic heterocycles. The Hall–Kier alpha value is -2.74. The molecule has 0 aromatic carbocycles. The van der Waals surface area contributed by atoms with Gasteiger partial charge in [0.15, 0.2) is 5.13 Å². The Morgan fingerprint density at radius 3 is 2.88 bits per heavy atom. The van der Waals surface area contributed by atoms with Crippen molar-refractivity contribution < 1.29 is 14.3 Å². The van der Waals surface area contributed by atoms with E-state index in [1.807, 2.05) is 25.3 Å². The van der Waals surface area contributed by atoms with E-state index in [-0.39, 0.29) is 11.6 Å². The van der Waals surface area contributed by atoms with Gasteiger partial charge in [-0.15, -0.1) is 0 Å². The van der Waals surface area contributed by atoms with Gasteiger partial charge in [-0.25, -0.2) is 14.8 Å². The molecule has 0 radical (unpaired) electrons. The number of imidazole rings is 1. The van der Waals surface area contributed by atoms with E-state index in [1.165, 1.54) is 0 Å². The van der Waals surface area contributed by atoms with Crippen molar-refractivity contribution >= 4 is 34.0 Å². The van der Waals surface area contributed by atoms with E-state index < -0.39 is 5.97 Å². The Kier molecular flexibility index (Phi) is 4.30. The summed E-state index contributed by atoms with van der Waals surface area (Å²) in [4.78, 5) is 33.0. The lowest BCUT2D eigenvalue weighted by Gasteiger charge is -1.98. The van der Waals surface area contributed by atoms with Gasteiger partial charge in [-0.1, -0.05) is 11.3 Å². The third-order valence-electron chi connectivity index (χ3n) is 3.33. The highest BCUT2D eigenvalue weighted by Crippen LogP contribution is 2.24. The fourth-order valence-electron chi connectivity index (χ4n) is 2.19. The maximum absolute atomic E-state index is 12.3. The minimum atomic E-state index is -0.434. The van der Waals surface area contributed by atoms with Crippen LogP contribution in [0.5, 0.6) is 0 Å².